The van der Waals surface area contributed by atoms with Crippen molar-refractivity contribution in [2.75, 3.05) is 31.6 Å². The van der Waals surface area contributed by atoms with Crippen LogP contribution in [-0.2, 0) is 16.1 Å². The van der Waals surface area contributed by atoms with Gasteiger partial charge in [-0.25, -0.2) is 4.79 Å². The summed E-state index contributed by atoms with van der Waals surface area (Å²) in [7, 11) is 1.26. The van der Waals surface area contributed by atoms with Gasteiger partial charge in [0.25, 0.3) is 5.91 Å². The number of nitrogens with zero attached hydrogens (tertiary/aromatic N) is 2. The third-order valence-corrected chi connectivity index (χ3v) is 4.59. The molecule has 0 spiro atoms. The van der Waals surface area contributed by atoms with Gasteiger partial charge in [-0.05, 0) is 36.2 Å². The fraction of sp³-hybridized carbons (Fsp3) is 0.286. The molecule has 0 radical (unpaired) electrons. The summed E-state index contributed by atoms with van der Waals surface area (Å²) >= 11 is 0. The maximum absolute atomic E-state index is 12.9. The van der Waals surface area contributed by atoms with Crippen molar-refractivity contribution < 1.29 is 19.1 Å². The minimum absolute atomic E-state index is 0.0435. The fourth-order valence-electron chi connectivity index (χ4n) is 3.09. The second kappa shape index (κ2) is 9.03. The van der Waals surface area contributed by atoms with Gasteiger partial charge in [0.05, 0.1) is 7.11 Å². The lowest BCUT2D eigenvalue weighted by Crippen LogP contribution is -2.49. The number of urea groups is 1. The van der Waals surface area contributed by atoms with Crippen molar-refractivity contribution in [3.05, 3.63) is 65.7 Å². The molecule has 0 saturated carbocycles. The Morgan fingerprint density at radius 3 is 2.43 bits per heavy atom. The summed E-state index contributed by atoms with van der Waals surface area (Å²) in [4.78, 5) is 39.6. The molecule has 0 aliphatic carbocycles. The van der Waals surface area contributed by atoms with E-state index in [2.05, 4.69) is 10.1 Å². The highest BCUT2D eigenvalue weighted by Gasteiger charge is 2.26. The Labute approximate surface area is 163 Å². The van der Waals surface area contributed by atoms with Crippen LogP contribution < -0.4 is 10.2 Å². The van der Waals surface area contributed by atoms with Gasteiger partial charge in [-0.15, -0.1) is 0 Å². The average molecular weight is 381 g/mol. The zero-order valence-electron chi connectivity index (χ0n) is 15.8. The summed E-state index contributed by atoms with van der Waals surface area (Å²) in [5, 5.41) is 2.49. The molecule has 0 atom stereocenters. The summed E-state index contributed by atoms with van der Waals surface area (Å²) in [6, 6.07) is 16.6. The lowest BCUT2D eigenvalue weighted by molar-refractivity contribution is -0.139. The molecule has 1 heterocycles. The number of carbonyl (C=O) groups excluding carboxylic acids is 3. The predicted molar refractivity (Wildman–Crippen MR) is 105 cm³/mol. The maximum atomic E-state index is 12.9. The number of nitrogens with one attached hydrogen (secondary N) is 1. The standard InChI is InChI=1S/C21H23N3O4/c1-28-19(25)14-22-20(26)17-8-10-18(11-9-17)24-13-5-12-23(21(24)27)15-16-6-3-2-4-7-16/h2-4,6-11H,5,12-15H2,1H3,(H,22,26). The molecule has 1 N–H and O–H groups in total. The van der Waals surface area contributed by atoms with Gasteiger partial charge >= 0.3 is 12.0 Å². The number of methoxy groups -OCH3 is 1. The van der Waals surface area contributed by atoms with E-state index in [1.807, 2.05) is 35.2 Å². The number of rotatable bonds is 6. The molecule has 3 rings (SSSR count). The van der Waals surface area contributed by atoms with Crippen LogP contribution in [0.3, 0.4) is 0 Å². The summed E-state index contributed by atoms with van der Waals surface area (Å²) in [6.07, 6.45) is 0.875. The molecule has 0 aromatic heterocycles. The van der Waals surface area contributed by atoms with E-state index in [4.69, 9.17) is 0 Å². The van der Waals surface area contributed by atoms with E-state index < -0.39 is 5.97 Å². The molecular formula is C21H23N3O4. The van der Waals surface area contributed by atoms with Crippen LogP contribution in [0.4, 0.5) is 10.5 Å². The maximum Gasteiger partial charge on any atom is 0.325 e. The molecule has 1 saturated heterocycles. The number of esters is 1. The van der Waals surface area contributed by atoms with Gasteiger partial charge in [-0.3, -0.25) is 14.5 Å². The van der Waals surface area contributed by atoms with E-state index in [1.165, 1.54) is 7.11 Å². The number of ether oxygens (including phenoxy) is 1. The molecular weight excluding hydrogens is 358 g/mol. The summed E-state index contributed by atoms with van der Waals surface area (Å²) in [5.41, 5.74) is 2.25. The van der Waals surface area contributed by atoms with Crippen molar-refractivity contribution in [1.29, 1.82) is 0 Å². The number of benzene rings is 2. The normalized spacial score (nSPS) is 14.0. The lowest BCUT2D eigenvalue weighted by atomic mass is 10.1. The molecule has 1 aliphatic rings. The minimum atomic E-state index is -0.512. The summed E-state index contributed by atoms with van der Waals surface area (Å²) < 4.78 is 4.50. The smallest absolute Gasteiger partial charge is 0.325 e. The Hall–Kier alpha value is -3.35. The second-order valence-corrected chi connectivity index (χ2v) is 6.50. The Bertz CT molecular complexity index is 836. The first-order chi connectivity index (χ1) is 13.6. The van der Waals surface area contributed by atoms with E-state index in [0.717, 1.165) is 24.2 Å². The van der Waals surface area contributed by atoms with E-state index >= 15 is 0 Å². The van der Waals surface area contributed by atoms with Crippen molar-refractivity contribution >= 4 is 23.6 Å². The Balaban J connectivity index is 1.64. The third kappa shape index (κ3) is 4.68. The van der Waals surface area contributed by atoms with E-state index in [0.29, 0.717) is 18.7 Å². The van der Waals surface area contributed by atoms with Crippen LogP contribution in [0.2, 0.25) is 0 Å². The number of hydrogen-bond acceptors (Lipinski definition) is 4. The first-order valence-corrected chi connectivity index (χ1v) is 9.14. The molecule has 1 fully saturated rings. The van der Waals surface area contributed by atoms with E-state index in [9.17, 15) is 14.4 Å². The average Bonchev–Trinajstić information content (AvgIpc) is 2.74. The van der Waals surface area contributed by atoms with Crippen LogP contribution >= 0.6 is 0 Å². The highest BCUT2D eigenvalue weighted by Crippen LogP contribution is 2.22. The number of hydrogen-bond donors (Lipinski definition) is 1. The van der Waals surface area contributed by atoms with Gasteiger partial charge < -0.3 is 15.0 Å². The molecule has 1 aliphatic heterocycles. The number of amides is 3. The zero-order valence-corrected chi connectivity index (χ0v) is 15.8. The topological polar surface area (TPSA) is 79.0 Å². The van der Waals surface area contributed by atoms with Gasteiger partial charge in [0.2, 0.25) is 0 Å². The highest BCUT2D eigenvalue weighted by molar-refractivity contribution is 5.97. The van der Waals surface area contributed by atoms with Crippen LogP contribution in [0.25, 0.3) is 0 Å². The molecule has 2 aromatic rings. The first-order valence-electron chi connectivity index (χ1n) is 9.14. The molecule has 0 unspecified atom stereocenters. The highest BCUT2D eigenvalue weighted by atomic mass is 16.5. The van der Waals surface area contributed by atoms with Crippen LogP contribution in [-0.4, -0.2) is 49.6 Å². The van der Waals surface area contributed by atoms with Gasteiger partial charge in [-0.2, -0.15) is 0 Å². The lowest BCUT2D eigenvalue weighted by Gasteiger charge is -2.35. The van der Waals surface area contributed by atoms with E-state index in [-0.39, 0.29) is 18.5 Å². The Morgan fingerprint density at radius 1 is 1.04 bits per heavy atom. The SMILES string of the molecule is COC(=O)CNC(=O)c1ccc(N2CCCN(Cc3ccccc3)C2=O)cc1. The molecule has 146 valence electrons. The molecule has 7 nitrogen and oxygen atoms in total. The number of carbonyl (C=O) groups is 3. The zero-order chi connectivity index (χ0) is 19.9. The summed E-state index contributed by atoms with van der Waals surface area (Å²) in [5.74, 6) is -0.880. The van der Waals surface area contributed by atoms with Crippen LogP contribution in [0.5, 0.6) is 0 Å². The van der Waals surface area contributed by atoms with Gasteiger partial charge in [0.15, 0.2) is 0 Å². The van der Waals surface area contributed by atoms with Crippen molar-refractivity contribution in [1.82, 2.24) is 10.2 Å². The molecule has 0 bridgehead atoms. The third-order valence-electron chi connectivity index (χ3n) is 4.59. The monoisotopic (exact) mass is 381 g/mol. The number of anilines is 1. The quantitative estimate of drug-likeness (QED) is 0.780. The van der Waals surface area contributed by atoms with Crippen molar-refractivity contribution in [2.24, 2.45) is 0 Å². The second-order valence-electron chi connectivity index (χ2n) is 6.50. The van der Waals surface area contributed by atoms with Crippen molar-refractivity contribution in [3.8, 4) is 0 Å². The van der Waals surface area contributed by atoms with Gasteiger partial charge in [0, 0.05) is 30.9 Å². The predicted octanol–water partition coefficient (Wildman–Crippen LogP) is 2.42. The van der Waals surface area contributed by atoms with Crippen molar-refractivity contribution in [2.45, 2.75) is 13.0 Å². The molecule has 7 heteroatoms. The summed E-state index contributed by atoms with van der Waals surface area (Å²) in [6.45, 7) is 1.75. The van der Waals surface area contributed by atoms with Gasteiger partial charge in [-0.1, -0.05) is 30.3 Å². The largest absolute Gasteiger partial charge is 0.468 e. The fourth-order valence-corrected chi connectivity index (χ4v) is 3.09. The molecule has 2 aromatic carbocycles. The van der Waals surface area contributed by atoms with Crippen LogP contribution in [0.1, 0.15) is 22.3 Å². The Kier molecular flexibility index (Phi) is 6.26. The van der Waals surface area contributed by atoms with Crippen LogP contribution in [0.15, 0.2) is 54.6 Å². The van der Waals surface area contributed by atoms with Crippen molar-refractivity contribution in [3.63, 3.8) is 0 Å². The Morgan fingerprint density at radius 2 is 1.75 bits per heavy atom. The minimum Gasteiger partial charge on any atom is -0.468 e. The molecule has 3 amide bonds. The molecule has 28 heavy (non-hydrogen) atoms. The van der Waals surface area contributed by atoms with E-state index in [1.54, 1.807) is 29.2 Å². The first kappa shape index (κ1) is 19.4. The van der Waals surface area contributed by atoms with Gasteiger partial charge in [0.1, 0.15) is 6.54 Å². The van der Waals surface area contributed by atoms with Crippen LogP contribution in [0, 0.1) is 0 Å².